The Morgan fingerprint density at radius 3 is 2.47 bits per heavy atom. The van der Waals surface area contributed by atoms with Crippen LogP contribution >= 0.6 is 0 Å². The number of sulfone groups is 1. The molecule has 1 aliphatic carbocycles. The van der Waals surface area contributed by atoms with Crippen LogP contribution in [0.1, 0.15) is 46.5 Å². The molecule has 3 atom stereocenters. The number of hydrogen-bond acceptors (Lipinski definition) is 3. The van der Waals surface area contributed by atoms with Crippen molar-refractivity contribution in [1.82, 2.24) is 5.32 Å². The van der Waals surface area contributed by atoms with Crippen molar-refractivity contribution in [1.29, 1.82) is 0 Å². The Labute approximate surface area is 106 Å². The molecule has 3 unspecified atom stereocenters. The Kier molecular flexibility index (Phi) is 5.45. The Balaban J connectivity index is 2.72. The molecule has 102 valence electrons. The number of rotatable bonds is 5. The highest BCUT2D eigenvalue weighted by Gasteiger charge is 2.36. The fourth-order valence-corrected chi connectivity index (χ4v) is 5.10. The number of hydrogen-bond donors (Lipinski definition) is 1. The van der Waals surface area contributed by atoms with E-state index in [2.05, 4.69) is 26.1 Å². The summed E-state index contributed by atoms with van der Waals surface area (Å²) in [6.07, 6.45) is 3.74. The molecule has 1 fully saturated rings. The maximum absolute atomic E-state index is 12.4. The lowest BCUT2D eigenvalue weighted by molar-refractivity contribution is 0.319. The van der Waals surface area contributed by atoms with Crippen molar-refractivity contribution in [3.63, 3.8) is 0 Å². The highest BCUT2D eigenvalue weighted by atomic mass is 32.2. The zero-order valence-corrected chi connectivity index (χ0v) is 12.4. The summed E-state index contributed by atoms with van der Waals surface area (Å²) < 4.78 is 24.7. The smallest absolute Gasteiger partial charge is 0.154 e. The lowest BCUT2D eigenvalue weighted by atomic mass is 9.87. The zero-order chi connectivity index (χ0) is 13.1. The molecular weight excluding hydrogens is 234 g/mol. The van der Waals surface area contributed by atoms with Gasteiger partial charge in [-0.3, -0.25) is 0 Å². The predicted octanol–water partition coefficient (Wildman–Crippen LogP) is 2.22. The second kappa shape index (κ2) is 6.19. The summed E-state index contributed by atoms with van der Waals surface area (Å²) in [6, 6.07) is 0.156. The van der Waals surface area contributed by atoms with Gasteiger partial charge >= 0.3 is 0 Å². The first kappa shape index (κ1) is 15.0. The highest BCUT2D eigenvalue weighted by Crippen LogP contribution is 2.29. The Morgan fingerprint density at radius 1 is 1.29 bits per heavy atom. The fourth-order valence-electron chi connectivity index (χ4n) is 2.61. The van der Waals surface area contributed by atoms with E-state index in [-0.39, 0.29) is 11.3 Å². The quantitative estimate of drug-likeness (QED) is 0.825. The first-order valence-corrected chi connectivity index (χ1v) is 8.47. The van der Waals surface area contributed by atoms with Gasteiger partial charge in [0.05, 0.1) is 11.0 Å². The van der Waals surface area contributed by atoms with Crippen LogP contribution in [-0.2, 0) is 9.84 Å². The summed E-state index contributed by atoms with van der Waals surface area (Å²) in [7, 11) is -1.05. The van der Waals surface area contributed by atoms with Crippen LogP contribution in [-0.4, -0.2) is 32.5 Å². The first-order valence-electron chi connectivity index (χ1n) is 6.75. The van der Waals surface area contributed by atoms with Gasteiger partial charge in [-0.2, -0.15) is 0 Å². The van der Waals surface area contributed by atoms with Gasteiger partial charge < -0.3 is 5.32 Å². The summed E-state index contributed by atoms with van der Waals surface area (Å²) in [5, 5.41) is 3.02. The maximum Gasteiger partial charge on any atom is 0.154 e. The lowest BCUT2D eigenvalue weighted by Crippen LogP contribution is -2.47. The van der Waals surface area contributed by atoms with Crippen molar-refractivity contribution in [3.05, 3.63) is 0 Å². The lowest BCUT2D eigenvalue weighted by Gasteiger charge is -2.34. The van der Waals surface area contributed by atoms with E-state index in [0.717, 1.165) is 25.7 Å². The molecule has 0 bridgehead atoms. The third-order valence-electron chi connectivity index (χ3n) is 3.87. The summed E-state index contributed by atoms with van der Waals surface area (Å²) >= 11 is 0. The van der Waals surface area contributed by atoms with Crippen LogP contribution < -0.4 is 5.32 Å². The van der Waals surface area contributed by atoms with Crippen molar-refractivity contribution in [2.24, 2.45) is 11.8 Å². The molecule has 1 aliphatic rings. The molecule has 0 amide bonds. The standard InChI is InChI=1S/C13H27NO2S/c1-10(2)7-8-17(15,16)13-9-11(3)5-6-12(13)14-4/h10-14H,5-9H2,1-4H3. The van der Waals surface area contributed by atoms with E-state index >= 15 is 0 Å². The van der Waals surface area contributed by atoms with Gasteiger partial charge in [0, 0.05) is 6.04 Å². The monoisotopic (exact) mass is 261 g/mol. The van der Waals surface area contributed by atoms with E-state index in [1.165, 1.54) is 0 Å². The van der Waals surface area contributed by atoms with E-state index in [9.17, 15) is 8.42 Å². The van der Waals surface area contributed by atoms with Crippen molar-refractivity contribution >= 4 is 9.84 Å². The van der Waals surface area contributed by atoms with Gasteiger partial charge in [0.15, 0.2) is 9.84 Å². The molecule has 1 N–H and O–H groups in total. The van der Waals surface area contributed by atoms with Gasteiger partial charge in [-0.1, -0.05) is 20.8 Å². The summed E-state index contributed by atoms with van der Waals surface area (Å²) in [5.74, 6) is 1.34. The average molecular weight is 261 g/mol. The summed E-state index contributed by atoms with van der Waals surface area (Å²) in [6.45, 7) is 6.32. The van der Waals surface area contributed by atoms with Crippen LogP contribution in [0.5, 0.6) is 0 Å². The van der Waals surface area contributed by atoms with Crippen molar-refractivity contribution in [3.8, 4) is 0 Å². The summed E-state index contributed by atoms with van der Waals surface area (Å²) in [4.78, 5) is 0. The van der Waals surface area contributed by atoms with Gasteiger partial charge in [0.25, 0.3) is 0 Å². The normalized spacial score (nSPS) is 30.8. The summed E-state index contributed by atoms with van der Waals surface area (Å²) in [5.41, 5.74) is 0. The predicted molar refractivity (Wildman–Crippen MR) is 72.9 cm³/mol. The van der Waals surface area contributed by atoms with Gasteiger partial charge in [-0.25, -0.2) is 8.42 Å². The third-order valence-corrected chi connectivity index (χ3v) is 6.11. The largest absolute Gasteiger partial charge is 0.316 e. The number of nitrogens with one attached hydrogen (secondary N) is 1. The van der Waals surface area contributed by atoms with Crippen LogP contribution in [0.4, 0.5) is 0 Å². The zero-order valence-electron chi connectivity index (χ0n) is 11.6. The van der Waals surface area contributed by atoms with E-state index in [1.807, 2.05) is 7.05 Å². The van der Waals surface area contributed by atoms with E-state index in [1.54, 1.807) is 0 Å². The fraction of sp³-hybridized carbons (Fsp3) is 1.00. The highest BCUT2D eigenvalue weighted by molar-refractivity contribution is 7.92. The van der Waals surface area contributed by atoms with Crippen LogP contribution in [0.3, 0.4) is 0 Å². The third kappa shape index (κ3) is 4.25. The molecule has 0 spiro atoms. The molecule has 0 aromatic rings. The molecule has 1 rings (SSSR count). The second-order valence-electron chi connectivity index (χ2n) is 5.90. The molecule has 17 heavy (non-hydrogen) atoms. The van der Waals surface area contributed by atoms with E-state index in [4.69, 9.17) is 0 Å². The van der Waals surface area contributed by atoms with Crippen LogP contribution in [0, 0.1) is 11.8 Å². The molecule has 3 nitrogen and oxygen atoms in total. The Hall–Kier alpha value is -0.0900. The minimum absolute atomic E-state index is 0.156. The van der Waals surface area contributed by atoms with Gasteiger partial charge in [-0.15, -0.1) is 0 Å². The molecular formula is C13H27NO2S. The van der Waals surface area contributed by atoms with Gasteiger partial charge in [0.2, 0.25) is 0 Å². The van der Waals surface area contributed by atoms with E-state index < -0.39 is 9.84 Å². The SMILES string of the molecule is CNC1CCC(C)CC1S(=O)(=O)CCC(C)C. The topological polar surface area (TPSA) is 46.2 Å². The average Bonchev–Trinajstić information content (AvgIpc) is 2.26. The minimum atomic E-state index is -2.94. The van der Waals surface area contributed by atoms with Crippen LogP contribution in [0.25, 0.3) is 0 Å². The minimum Gasteiger partial charge on any atom is -0.316 e. The van der Waals surface area contributed by atoms with Gasteiger partial charge in [-0.05, 0) is 44.6 Å². The van der Waals surface area contributed by atoms with Crippen molar-refractivity contribution in [2.75, 3.05) is 12.8 Å². The molecule has 0 aromatic carbocycles. The van der Waals surface area contributed by atoms with Crippen LogP contribution in [0.15, 0.2) is 0 Å². The Morgan fingerprint density at radius 2 is 1.94 bits per heavy atom. The van der Waals surface area contributed by atoms with Crippen molar-refractivity contribution in [2.45, 2.75) is 57.7 Å². The van der Waals surface area contributed by atoms with Crippen molar-refractivity contribution < 1.29 is 8.42 Å². The molecule has 0 aliphatic heterocycles. The molecule has 0 saturated heterocycles. The molecule has 0 heterocycles. The van der Waals surface area contributed by atoms with Gasteiger partial charge in [0.1, 0.15) is 0 Å². The van der Waals surface area contributed by atoms with E-state index in [0.29, 0.717) is 17.6 Å². The molecule has 0 radical (unpaired) electrons. The first-order chi connectivity index (χ1) is 7.86. The molecule has 1 saturated carbocycles. The molecule has 0 aromatic heterocycles. The second-order valence-corrected chi connectivity index (χ2v) is 8.24. The van der Waals surface area contributed by atoms with Crippen LogP contribution in [0.2, 0.25) is 0 Å². The maximum atomic E-state index is 12.4. The molecule has 4 heteroatoms. The Bertz CT molecular complexity index is 324.